The molecule has 2 aromatic heterocycles. The van der Waals surface area contributed by atoms with E-state index in [4.69, 9.17) is 14.8 Å². The zero-order valence-corrected chi connectivity index (χ0v) is 19.3. The largest absolute Gasteiger partial charge is 0.491 e. The van der Waals surface area contributed by atoms with Crippen molar-refractivity contribution in [1.29, 1.82) is 0 Å². The number of anilines is 1. The number of pyridine rings is 1. The minimum absolute atomic E-state index is 0.0249. The van der Waals surface area contributed by atoms with Gasteiger partial charge >= 0.3 is 0 Å². The predicted octanol–water partition coefficient (Wildman–Crippen LogP) is 3.87. The SMILES string of the molecule is CCN(C)CC1CN=C(c2cc3cc(OCCO)cc(NSc4ccccn4)c3[nH]2)S1. The van der Waals surface area contributed by atoms with Gasteiger partial charge in [-0.15, -0.1) is 0 Å². The van der Waals surface area contributed by atoms with Gasteiger partial charge in [0.25, 0.3) is 0 Å². The number of aliphatic hydroxyl groups is 1. The van der Waals surface area contributed by atoms with Crippen molar-refractivity contribution in [1.82, 2.24) is 14.9 Å². The van der Waals surface area contributed by atoms with Gasteiger partial charge in [-0.25, -0.2) is 4.98 Å². The van der Waals surface area contributed by atoms with E-state index in [1.165, 1.54) is 11.9 Å². The minimum atomic E-state index is -0.0249. The second-order valence-electron chi connectivity index (χ2n) is 7.30. The lowest BCUT2D eigenvalue weighted by Gasteiger charge is -2.17. The van der Waals surface area contributed by atoms with E-state index in [0.29, 0.717) is 11.0 Å². The van der Waals surface area contributed by atoms with Crippen molar-refractivity contribution in [2.45, 2.75) is 17.2 Å². The number of ether oxygens (including phenoxy) is 1. The van der Waals surface area contributed by atoms with Crippen LogP contribution in [0.3, 0.4) is 0 Å². The molecule has 3 aromatic rings. The summed E-state index contributed by atoms with van der Waals surface area (Å²) >= 11 is 3.28. The highest BCUT2D eigenvalue weighted by Crippen LogP contribution is 2.35. The Balaban J connectivity index is 1.57. The third-order valence-electron chi connectivity index (χ3n) is 4.97. The van der Waals surface area contributed by atoms with Gasteiger partial charge in [-0.1, -0.05) is 24.8 Å². The van der Waals surface area contributed by atoms with Gasteiger partial charge in [0.05, 0.1) is 30.0 Å². The Labute approximate surface area is 190 Å². The van der Waals surface area contributed by atoms with Gasteiger partial charge in [-0.2, -0.15) is 0 Å². The molecule has 7 nitrogen and oxygen atoms in total. The number of benzene rings is 1. The molecule has 31 heavy (non-hydrogen) atoms. The van der Waals surface area contributed by atoms with Gasteiger partial charge in [0.15, 0.2) is 0 Å². The normalized spacial score (nSPS) is 16.1. The predicted molar refractivity (Wildman–Crippen MR) is 131 cm³/mol. The molecule has 0 fully saturated rings. The van der Waals surface area contributed by atoms with E-state index < -0.39 is 0 Å². The van der Waals surface area contributed by atoms with Crippen molar-refractivity contribution < 1.29 is 9.84 Å². The Kier molecular flexibility index (Phi) is 7.39. The first-order valence-electron chi connectivity index (χ1n) is 10.3. The van der Waals surface area contributed by atoms with E-state index in [1.54, 1.807) is 6.20 Å². The number of fused-ring (bicyclic) bond motifs is 1. The number of thioether (sulfide) groups is 1. The average Bonchev–Trinajstić information content (AvgIpc) is 3.43. The van der Waals surface area contributed by atoms with Crippen LogP contribution in [0.4, 0.5) is 5.69 Å². The molecular weight excluding hydrogens is 430 g/mol. The molecule has 0 spiro atoms. The molecule has 1 aliphatic heterocycles. The number of hydrogen-bond acceptors (Lipinski definition) is 8. The number of aliphatic imine (C=N–C) groups is 1. The molecule has 1 aliphatic rings. The number of aliphatic hydroxyl groups excluding tert-OH is 1. The van der Waals surface area contributed by atoms with E-state index in [-0.39, 0.29) is 13.2 Å². The van der Waals surface area contributed by atoms with Gasteiger partial charge in [0.1, 0.15) is 22.4 Å². The molecule has 4 rings (SSSR count). The molecule has 3 N–H and O–H groups in total. The second-order valence-corrected chi connectivity index (χ2v) is 9.42. The summed E-state index contributed by atoms with van der Waals surface area (Å²) in [4.78, 5) is 15.0. The maximum absolute atomic E-state index is 9.13. The Hall–Kier alpha value is -2.20. The summed E-state index contributed by atoms with van der Waals surface area (Å²) in [5, 5.41) is 12.6. The molecule has 1 aromatic carbocycles. The van der Waals surface area contributed by atoms with Gasteiger partial charge < -0.3 is 24.4 Å². The summed E-state index contributed by atoms with van der Waals surface area (Å²) in [6.45, 7) is 5.31. The minimum Gasteiger partial charge on any atom is -0.491 e. The molecule has 1 atom stereocenters. The van der Waals surface area contributed by atoms with Crippen LogP contribution in [0.2, 0.25) is 0 Å². The summed E-state index contributed by atoms with van der Waals surface area (Å²) in [5.41, 5.74) is 2.91. The monoisotopic (exact) mass is 457 g/mol. The fraction of sp³-hybridized carbons (Fsp3) is 0.364. The summed E-state index contributed by atoms with van der Waals surface area (Å²) in [6.07, 6.45) is 1.77. The maximum atomic E-state index is 9.13. The summed E-state index contributed by atoms with van der Waals surface area (Å²) < 4.78 is 9.09. The van der Waals surface area contributed by atoms with Gasteiger partial charge in [0.2, 0.25) is 0 Å². The number of rotatable bonds is 10. The number of H-pyrrole nitrogens is 1. The van der Waals surface area contributed by atoms with Crippen LogP contribution in [-0.4, -0.2) is 70.2 Å². The quantitative estimate of drug-likeness (QED) is 0.399. The average molecular weight is 458 g/mol. The smallest absolute Gasteiger partial charge is 0.122 e. The second kappa shape index (κ2) is 10.4. The molecule has 0 bridgehead atoms. The van der Waals surface area contributed by atoms with E-state index in [2.05, 4.69) is 39.6 Å². The Bertz CT molecular complexity index is 1040. The number of nitrogens with zero attached hydrogens (tertiary/aromatic N) is 3. The lowest BCUT2D eigenvalue weighted by Crippen LogP contribution is -2.27. The van der Waals surface area contributed by atoms with Gasteiger partial charge in [-0.3, -0.25) is 4.99 Å². The fourth-order valence-electron chi connectivity index (χ4n) is 3.31. The summed E-state index contributed by atoms with van der Waals surface area (Å²) in [6, 6.07) is 11.9. The third kappa shape index (κ3) is 5.54. The summed E-state index contributed by atoms with van der Waals surface area (Å²) in [5.74, 6) is 0.708. The molecule has 3 heterocycles. The van der Waals surface area contributed by atoms with E-state index in [0.717, 1.165) is 52.0 Å². The Morgan fingerprint density at radius 3 is 3.03 bits per heavy atom. The number of aromatic nitrogens is 2. The van der Waals surface area contributed by atoms with Crippen LogP contribution in [0.1, 0.15) is 12.6 Å². The first kappa shape index (κ1) is 22.0. The van der Waals surface area contributed by atoms with Crippen LogP contribution in [0.15, 0.2) is 52.6 Å². The highest BCUT2D eigenvalue weighted by Gasteiger charge is 2.23. The molecular formula is C22H27N5O2S2. The van der Waals surface area contributed by atoms with Crippen LogP contribution >= 0.6 is 23.7 Å². The molecule has 9 heteroatoms. The molecule has 0 saturated heterocycles. The molecule has 1 unspecified atom stereocenters. The highest BCUT2D eigenvalue weighted by atomic mass is 32.2. The molecule has 0 saturated carbocycles. The molecule has 0 aliphatic carbocycles. The third-order valence-corrected chi connectivity index (χ3v) is 6.94. The topological polar surface area (TPSA) is 85.8 Å². The number of hydrogen-bond donors (Lipinski definition) is 3. The van der Waals surface area contributed by atoms with Crippen molar-refractivity contribution in [3.8, 4) is 5.75 Å². The van der Waals surface area contributed by atoms with Crippen molar-refractivity contribution in [3.63, 3.8) is 0 Å². The molecule has 0 radical (unpaired) electrons. The standard InChI is InChI=1S/C22H27N5O2S2/c1-3-27(2)14-17-13-24-22(30-17)19-11-15-10-16(29-9-8-28)12-18(21(15)25-19)26-31-20-6-4-5-7-23-20/h4-7,10-12,17,25-26,28H,3,8-9,13-14H2,1-2H3. The Morgan fingerprint density at radius 2 is 2.26 bits per heavy atom. The molecule has 0 amide bonds. The Morgan fingerprint density at radius 1 is 1.35 bits per heavy atom. The number of aromatic amines is 1. The summed E-state index contributed by atoms with van der Waals surface area (Å²) in [7, 11) is 2.15. The van der Waals surface area contributed by atoms with E-state index >= 15 is 0 Å². The lowest BCUT2D eigenvalue weighted by molar-refractivity contribution is 0.201. The highest BCUT2D eigenvalue weighted by molar-refractivity contribution is 8.15. The van der Waals surface area contributed by atoms with Crippen molar-refractivity contribution >= 4 is 45.3 Å². The van der Waals surface area contributed by atoms with Gasteiger partial charge in [-0.05, 0) is 37.9 Å². The van der Waals surface area contributed by atoms with Gasteiger partial charge in [0, 0.05) is 41.4 Å². The van der Waals surface area contributed by atoms with Crippen molar-refractivity contribution in [3.05, 3.63) is 48.3 Å². The van der Waals surface area contributed by atoms with Crippen LogP contribution in [0, 0.1) is 0 Å². The fourth-order valence-corrected chi connectivity index (χ4v) is 5.13. The first-order chi connectivity index (χ1) is 15.2. The van der Waals surface area contributed by atoms with Crippen LogP contribution in [-0.2, 0) is 0 Å². The van der Waals surface area contributed by atoms with Crippen LogP contribution < -0.4 is 9.46 Å². The van der Waals surface area contributed by atoms with Crippen LogP contribution in [0.5, 0.6) is 5.75 Å². The van der Waals surface area contributed by atoms with Crippen molar-refractivity contribution in [2.24, 2.45) is 4.99 Å². The van der Waals surface area contributed by atoms with E-state index in [9.17, 15) is 0 Å². The number of nitrogens with one attached hydrogen (secondary N) is 2. The first-order valence-corrected chi connectivity index (χ1v) is 12.0. The van der Waals surface area contributed by atoms with Crippen LogP contribution in [0.25, 0.3) is 10.9 Å². The van der Waals surface area contributed by atoms with Crippen molar-refractivity contribution in [2.75, 3.05) is 44.6 Å². The zero-order valence-electron chi connectivity index (χ0n) is 17.7. The lowest BCUT2D eigenvalue weighted by atomic mass is 10.2. The van der Waals surface area contributed by atoms with E-state index in [1.807, 2.05) is 42.1 Å². The maximum Gasteiger partial charge on any atom is 0.122 e. The zero-order chi connectivity index (χ0) is 21.6. The molecule has 164 valence electrons.